The number of carbonyl (C=O) groups excluding carboxylic acids is 2. The van der Waals surface area contributed by atoms with Gasteiger partial charge in [0.05, 0.1) is 17.1 Å². The van der Waals surface area contributed by atoms with Crippen molar-refractivity contribution in [3.63, 3.8) is 0 Å². The van der Waals surface area contributed by atoms with Crippen molar-refractivity contribution in [3.05, 3.63) is 34.9 Å². The van der Waals surface area contributed by atoms with Gasteiger partial charge < -0.3 is 10.6 Å². The Labute approximate surface area is 140 Å². The minimum atomic E-state index is -0.432. The second-order valence-electron chi connectivity index (χ2n) is 5.54. The maximum atomic E-state index is 11.9. The second kappa shape index (κ2) is 7.95. The van der Waals surface area contributed by atoms with E-state index in [9.17, 15) is 9.59 Å². The van der Waals surface area contributed by atoms with Gasteiger partial charge in [0.1, 0.15) is 0 Å². The third kappa shape index (κ3) is 6.73. The van der Waals surface area contributed by atoms with Crippen LogP contribution in [0.2, 0.25) is 5.02 Å². The van der Waals surface area contributed by atoms with Crippen LogP contribution < -0.4 is 21.5 Å². The molecule has 0 aliphatic heterocycles. The van der Waals surface area contributed by atoms with E-state index in [1.54, 1.807) is 24.3 Å². The Hall–Kier alpha value is -1.86. The molecule has 0 heterocycles. The van der Waals surface area contributed by atoms with Gasteiger partial charge in [0.2, 0.25) is 0 Å². The fourth-order valence-electron chi connectivity index (χ4n) is 1.44. The van der Waals surface area contributed by atoms with Gasteiger partial charge in [0.25, 0.3) is 11.8 Å². The van der Waals surface area contributed by atoms with E-state index in [0.29, 0.717) is 15.7 Å². The van der Waals surface area contributed by atoms with Crippen LogP contribution in [0.1, 0.15) is 31.1 Å². The monoisotopic (exact) mass is 342 g/mol. The Balaban J connectivity index is 2.36. The molecular weight excluding hydrogens is 324 g/mol. The number of rotatable bonds is 3. The van der Waals surface area contributed by atoms with E-state index in [1.807, 2.05) is 20.8 Å². The van der Waals surface area contributed by atoms with Crippen LogP contribution in [-0.2, 0) is 4.79 Å². The van der Waals surface area contributed by atoms with Crippen LogP contribution in [0, 0.1) is 0 Å². The molecule has 120 valence electrons. The topological polar surface area (TPSA) is 82.3 Å². The van der Waals surface area contributed by atoms with Crippen LogP contribution in [0.3, 0.4) is 0 Å². The molecule has 22 heavy (non-hydrogen) atoms. The quantitative estimate of drug-likeness (QED) is 0.492. The molecule has 0 spiro atoms. The minimum absolute atomic E-state index is 0.199. The normalized spacial score (nSPS) is 10.5. The molecule has 0 saturated heterocycles. The average Bonchev–Trinajstić information content (AvgIpc) is 2.41. The van der Waals surface area contributed by atoms with Gasteiger partial charge in [-0.15, -0.1) is 0 Å². The van der Waals surface area contributed by atoms with Gasteiger partial charge in [-0.25, -0.2) is 0 Å². The molecular formula is C14H19ClN4O2S. The largest absolute Gasteiger partial charge is 0.357 e. The number of hydrogen-bond donors (Lipinski definition) is 4. The molecule has 0 aliphatic rings. The molecule has 0 atom stereocenters. The average molecular weight is 343 g/mol. The van der Waals surface area contributed by atoms with E-state index in [2.05, 4.69) is 21.5 Å². The van der Waals surface area contributed by atoms with Crippen LogP contribution in [0.4, 0.5) is 0 Å². The van der Waals surface area contributed by atoms with E-state index in [4.69, 9.17) is 23.8 Å². The summed E-state index contributed by atoms with van der Waals surface area (Å²) < 4.78 is 0. The molecule has 0 bridgehead atoms. The Morgan fingerprint density at radius 3 is 2.41 bits per heavy atom. The lowest BCUT2D eigenvalue weighted by Gasteiger charge is -2.23. The lowest BCUT2D eigenvalue weighted by molar-refractivity contribution is -0.120. The summed E-state index contributed by atoms with van der Waals surface area (Å²) >= 11 is 10.9. The summed E-state index contributed by atoms with van der Waals surface area (Å²) in [4.78, 5) is 23.5. The molecule has 0 radical (unpaired) electrons. The van der Waals surface area contributed by atoms with Crippen molar-refractivity contribution in [2.75, 3.05) is 6.54 Å². The van der Waals surface area contributed by atoms with Crippen molar-refractivity contribution < 1.29 is 9.59 Å². The van der Waals surface area contributed by atoms with E-state index in [-0.39, 0.29) is 12.1 Å². The van der Waals surface area contributed by atoms with Crippen LogP contribution in [0.15, 0.2) is 24.3 Å². The molecule has 6 nitrogen and oxygen atoms in total. The Kier molecular flexibility index (Phi) is 6.58. The third-order valence-electron chi connectivity index (χ3n) is 2.33. The fourth-order valence-corrected chi connectivity index (χ4v) is 2.02. The van der Waals surface area contributed by atoms with Crippen molar-refractivity contribution in [1.82, 2.24) is 21.5 Å². The molecule has 0 saturated carbocycles. The van der Waals surface area contributed by atoms with E-state index < -0.39 is 11.8 Å². The number of carbonyl (C=O) groups is 2. The number of benzene rings is 1. The van der Waals surface area contributed by atoms with E-state index in [0.717, 1.165) is 0 Å². The lowest BCUT2D eigenvalue weighted by atomic mass is 10.1. The highest BCUT2D eigenvalue weighted by atomic mass is 35.5. The van der Waals surface area contributed by atoms with Crippen molar-refractivity contribution in [3.8, 4) is 0 Å². The molecule has 1 rings (SSSR count). The summed E-state index contributed by atoms with van der Waals surface area (Å²) in [7, 11) is 0. The first-order chi connectivity index (χ1) is 10.2. The molecule has 0 unspecified atom stereocenters. The first kappa shape index (κ1) is 18.2. The van der Waals surface area contributed by atoms with Gasteiger partial charge in [-0.05, 0) is 45.1 Å². The lowest BCUT2D eigenvalue weighted by Crippen LogP contribution is -2.53. The number of nitrogens with one attached hydrogen (secondary N) is 4. The highest BCUT2D eigenvalue weighted by Gasteiger charge is 2.13. The SMILES string of the molecule is CC(C)(C)NC(=S)NNC(=O)CNC(=O)c1ccccc1Cl. The highest BCUT2D eigenvalue weighted by Crippen LogP contribution is 2.14. The van der Waals surface area contributed by atoms with Gasteiger partial charge in [-0.3, -0.25) is 20.4 Å². The number of halogens is 1. The zero-order valence-corrected chi connectivity index (χ0v) is 14.2. The molecule has 1 aromatic carbocycles. The van der Waals surface area contributed by atoms with Crippen molar-refractivity contribution in [2.45, 2.75) is 26.3 Å². The molecule has 2 amide bonds. The van der Waals surface area contributed by atoms with Gasteiger partial charge in [-0.1, -0.05) is 23.7 Å². The van der Waals surface area contributed by atoms with E-state index in [1.165, 1.54) is 0 Å². The Morgan fingerprint density at radius 2 is 1.82 bits per heavy atom. The van der Waals surface area contributed by atoms with Crippen molar-refractivity contribution >= 4 is 40.7 Å². The fraction of sp³-hybridized carbons (Fsp3) is 0.357. The standard InChI is InChI=1S/C14H19ClN4O2S/c1-14(2,3)17-13(22)19-18-11(20)8-16-12(21)9-6-4-5-7-10(9)15/h4-7H,8H2,1-3H3,(H,16,21)(H,18,20)(H2,17,19,22). The second-order valence-corrected chi connectivity index (χ2v) is 6.36. The van der Waals surface area contributed by atoms with Gasteiger partial charge in [0.15, 0.2) is 5.11 Å². The van der Waals surface area contributed by atoms with Gasteiger partial charge >= 0.3 is 0 Å². The van der Waals surface area contributed by atoms with Crippen molar-refractivity contribution in [2.24, 2.45) is 0 Å². The number of hydrogen-bond acceptors (Lipinski definition) is 3. The van der Waals surface area contributed by atoms with Gasteiger partial charge in [0, 0.05) is 5.54 Å². The zero-order chi connectivity index (χ0) is 16.8. The third-order valence-corrected chi connectivity index (χ3v) is 2.87. The first-order valence-corrected chi connectivity index (χ1v) is 7.37. The maximum Gasteiger partial charge on any atom is 0.257 e. The van der Waals surface area contributed by atoms with Crippen LogP contribution in [-0.4, -0.2) is 29.0 Å². The molecule has 1 aromatic rings. The maximum absolute atomic E-state index is 11.9. The predicted octanol–water partition coefficient (Wildman–Crippen LogP) is 1.36. The summed E-state index contributed by atoms with van der Waals surface area (Å²) in [5, 5.41) is 6.06. The summed E-state index contributed by atoms with van der Waals surface area (Å²) in [5.74, 6) is -0.852. The Morgan fingerprint density at radius 1 is 1.18 bits per heavy atom. The van der Waals surface area contributed by atoms with E-state index >= 15 is 0 Å². The van der Waals surface area contributed by atoms with Crippen LogP contribution >= 0.6 is 23.8 Å². The molecule has 0 aliphatic carbocycles. The minimum Gasteiger partial charge on any atom is -0.357 e. The summed E-state index contributed by atoms with van der Waals surface area (Å²) in [6, 6.07) is 6.60. The van der Waals surface area contributed by atoms with Gasteiger partial charge in [-0.2, -0.15) is 0 Å². The molecule has 0 aromatic heterocycles. The Bertz CT molecular complexity index is 572. The molecule has 4 N–H and O–H groups in total. The summed E-state index contributed by atoms with van der Waals surface area (Å²) in [5.41, 5.74) is 5.04. The highest BCUT2D eigenvalue weighted by molar-refractivity contribution is 7.80. The van der Waals surface area contributed by atoms with Crippen LogP contribution in [0.5, 0.6) is 0 Å². The molecule has 8 heteroatoms. The summed E-state index contributed by atoms with van der Waals surface area (Å²) in [6.45, 7) is 5.61. The zero-order valence-electron chi connectivity index (χ0n) is 12.6. The number of hydrazine groups is 1. The van der Waals surface area contributed by atoms with Crippen LogP contribution in [0.25, 0.3) is 0 Å². The molecule has 0 fully saturated rings. The number of thiocarbonyl (C=S) groups is 1. The predicted molar refractivity (Wildman–Crippen MR) is 90.6 cm³/mol. The number of amides is 2. The van der Waals surface area contributed by atoms with Crippen molar-refractivity contribution in [1.29, 1.82) is 0 Å². The smallest absolute Gasteiger partial charge is 0.257 e. The first-order valence-electron chi connectivity index (χ1n) is 6.59. The summed E-state index contributed by atoms with van der Waals surface area (Å²) in [6.07, 6.45) is 0.